The van der Waals surface area contributed by atoms with Crippen molar-refractivity contribution >= 4 is 39.1 Å². The molecule has 0 aliphatic rings. The predicted octanol–water partition coefficient (Wildman–Crippen LogP) is 4.76. The number of hydrogen-bond donors (Lipinski definition) is 1. The van der Waals surface area contributed by atoms with E-state index in [0.29, 0.717) is 11.4 Å². The van der Waals surface area contributed by atoms with Crippen molar-refractivity contribution in [1.82, 2.24) is 0 Å². The Morgan fingerprint density at radius 1 is 1.12 bits per heavy atom. The first-order valence-corrected chi connectivity index (χ1v) is 10.1. The van der Waals surface area contributed by atoms with Crippen molar-refractivity contribution < 1.29 is 14.1 Å². The number of hydrogen-bond acceptors (Lipinski definition) is 2. The van der Waals surface area contributed by atoms with Crippen LogP contribution >= 0.6 is 11.6 Å². The molecule has 0 bridgehead atoms. The van der Waals surface area contributed by atoms with Gasteiger partial charge in [-0.3, -0.25) is 9.00 Å². The normalized spacial score (nSPS) is 12.3. The summed E-state index contributed by atoms with van der Waals surface area (Å²) in [5.41, 5.74) is 3.95. The Labute approximate surface area is 160 Å². The lowest BCUT2D eigenvalue weighted by Gasteiger charge is -2.15. The molecule has 1 unspecified atom stereocenters. The van der Waals surface area contributed by atoms with Crippen molar-refractivity contribution in [2.24, 2.45) is 0 Å². The first kappa shape index (κ1) is 18.6. The van der Waals surface area contributed by atoms with Gasteiger partial charge in [-0.05, 0) is 70.6 Å². The van der Waals surface area contributed by atoms with Crippen molar-refractivity contribution in [3.8, 4) is 0 Å². The van der Waals surface area contributed by atoms with Crippen LogP contribution in [-0.2, 0) is 28.4 Å². The molecule has 1 atom stereocenters. The topological polar surface area (TPSA) is 54.4 Å². The van der Waals surface area contributed by atoms with E-state index in [2.05, 4.69) is 0 Å². The van der Waals surface area contributed by atoms with Crippen LogP contribution in [0.3, 0.4) is 0 Å². The Morgan fingerprint density at radius 3 is 2.42 bits per heavy atom. The van der Waals surface area contributed by atoms with E-state index in [-0.39, 0.29) is 6.42 Å². The Kier molecular flexibility index (Phi) is 5.44. The van der Waals surface area contributed by atoms with E-state index >= 15 is 0 Å². The molecule has 0 spiro atoms. The summed E-state index contributed by atoms with van der Waals surface area (Å²) in [4.78, 5) is 12.0. The minimum absolute atomic E-state index is 0.00878. The standard InChI is InChI=1S/C21H19ClO3S/c1-13-16(11-21(23)24)10-15-5-6-17(22)12-20(15)19(13)9-14-3-7-18(8-4-14)26(2)25/h3-8,10,12H,9,11H2,1-2H3,(H,23,24). The molecular formula is C21H19ClO3S. The van der Waals surface area contributed by atoms with Crippen LogP contribution in [0.5, 0.6) is 0 Å². The van der Waals surface area contributed by atoms with Gasteiger partial charge >= 0.3 is 5.97 Å². The summed E-state index contributed by atoms with van der Waals surface area (Å²) in [6.07, 6.45) is 2.31. The summed E-state index contributed by atoms with van der Waals surface area (Å²) in [6.45, 7) is 1.96. The predicted molar refractivity (Wildman–Crippen MR) is 107 cm³/mol. The third-order valence-electron chi connectivity index (χ3n) is 4.58. The first-order chi connectivity index (χ1) is 12.3. The molecule has 0 saturated carbocycles. The van der Waals surface area contributed by atoms with Gasteiger partial charge < -0.3 is 5.11 Å². The lowest BCUT2D eigenvalue weighted by molar-refractivity contribution is -0.136. The second-order valence-corrected chi connectivity index (χ2v) is 8.17. The van der Waals surface area contributed by atoms with Crippen molar-refractivity contribution in [1.29, 1.82) is 0 Å². The van der Waals surface area contributed by atoms with Gasteiger partial charge in [-0.25, -0.2) is 0 Å². The van der Waals surface area contributed by atoms with Crippen molar-refractivity contribution in [3.05, 3.63) is 75.8 Å². The number of rotatable bonds is 5. The van der Waals surface area contributed by atoms with Crippen LogP contribution in [0.2, 0.25) is 5.02 Å². The second-order valence-electron chi connectivity index (χ2n) is 6.35. The lowest BCUT2D eigenvalue weighted by Crippen LogP contribution is -2.05. The zero-order chi connectivity index (χ0) is 18.8. The molecule has 5 heteroatoms. The Balaban J connectivity index is 2.12. The molecule has 0 heterocycles. The maximum Gasteiger partial charge on any atom is 0.307 e. The largest absolute Gasteiger partial charge is 0.481 e. The quantitative estimate of drug-likeness (QED) is 0.688. The van der Waals surface area contributed by atoms with E-state index in [1.807, 2.05) is 55.5 Å². The Morgan fingerprint density at radius 2 is 1.81 bits per heavy atom. The molecule has 0 saturated heterocycles. The molecule has 26 heavy (non-hydrogen) atoms. The summed E-state index contributed by atoms with van der Waals surface area (Å²) in [5.74, 6) is -0.845. The Bertz CT molecular complexity index is 1010. The minimum atomic E-state index is -1.01. The molecule has 0 radical (unpaired) electrons. The maximum atomic E-state index is 11.6. The fourth-order valence-corrected chi connectivity index (χ4v) is 3.88. The first-order valence-electron chi connectivity index (χ1n) is 8.20. The van der Waals surface area contributed by atoms with Crippen molar-refractivity contribution in [2.75, 3.05) is 6.26 Å². The third-order valence-corrected chi connectivity index (χ3v) is 5.75. The van der Waals surface area contributed by atoms with E-state index in [1.165, 1.54) is 0 Å². The zero-order valence-corrected chi connectivity index (χ0v) is 16.2. The van der Waals surface area contributed by atoms with Gasteiger partial charge in [0.25, 0.3) is 0 Å². The molecule has 0 amide bonds. The summed E-state index contributed by atoms with van der Waals surface area (Å²) in [7, 11) is -1.01. The molecule has 0 aromatic heterocycles. The van der Waals surface area contributed by atoms with Gasteiger partial charge in [0.2, 0.25) is 0 Å². The van der Waals surface area contributed by atoms with Gasteiger partial charge in [0.05, 0.1) is 6.42 Å². The fraction of sp³-hybridized carbons (Fsp3) is 0.190. The van der Waals surface area contributed by atoms with Crippen molar-refractivity contribution in [3.63, 3.8) is 0 Å². The summed E-state index contributed by atoms with van der Waals surface area (Å²) in [6, 6.07) is 15.3. The van der Waals surface area contributed by atoms with Crippen LogP contribution in [0.1, 0.15) is 22.3 Å². The molecular weight excluding hydrogens is 368 g/mol. The van der Waals surface area contributed by atoms with E-state index < -0.39 is 16.8 Å². The van der Waals surface area contributed by atoms with Gasteiger partial charge in [0, 0.05) is 27.0 Å². The molecule has 0 aliphatic carbocycles. The number of aliphatic carboxylic acids is 1. The summed E-state index contributed by atoms with van der Waals surface area (Å²) < 4.78 is 11.6. The molecule has 134 valence electrons. The molecule has 0 fully saturated rings. The number of carboxylic acids is 1. The Hall–Kier alpha value is -2.17. The zero-order valence-electron chi connectivity index (χ0n) is 14.6. The van der Waals surface area contributed by atoms with Crippen LogP contribution in [-0.4, -0.2) is 21.5 Å². The number of halogens is 1. The van der Waals surface area contributed by atoms with Gasteiger partial charge in [-0.15, -0.1) is 0 Å². The highest BCUT2D eigenvalue weighted by Crippen LogP contribution is 2.30. The molecule has 0 aliphatic heterocycles. The van der Waals surface area contributed by atoms with Gasteiger partial charge in [-0.2, -0.15) is 0 Å². The second kappa shape index (κ2) is 7.60. The van der Waals surface area contributed by atoms with Crippen LogP contribution in [0.25, 0.3) is 10.8 Å². The van der Waals surface area contributed by atoms with Crippen molar-refractivity contribution in [2.45, 2.75) is 24.7 Å². The van der Waals surface area contributed by atoms with Crippen LogP contribution in [0, 0.1) is 6.92 Å². The average Bonchev–Trinajstić information content (AvgIpc) is 2.59. The SMILES string of the molecule is Cc1c(CC(=O)O)cc2ccc(Cl)cc2c1Cc1ccc(S(C)=O)cc1. The summed E-state index contributed by atoms with van der Waals surface area (Å²) in [5, 5.41) is 11.9. The third kappa shape index (κ3) is 3.97. The minimum Gasteiger partial charge on any atom is -0.481 e. The van der Waals surface area contributed by atoms with Crippen LogP contribution < -0.4 is 0 Å². The lowest BCUT2D eigenvalue weighted by atomic mass is 9.90. The number of fused-ring (bicyclic) bond motifs is 1. The number of carbonyl (C=O) groups is 1. The highest BCUT2D eigenvalue weighted by Gasteiger charge is 2.14. The molecule has 3 aromatic rings. The maximum absolute atomic E-state index is 11.6. The highest BCUT2D eigenvalue weighted by molar-refractivity contribution is 7.84. The van der Waals surface area contributed by atoms with Gasteiger partial charge in [-0.1, -0.05) is 35.9 Å². The molecule has 1 N–H and O–H groups in total. The number of carboxylic acid groups (broad SMARTS) is 1. The van der Waals surface area contributed by atoms with Gasteiger partial charge in [0.15, 0.2) is 0 Å². The molecule has 3 nitrogen and oxygen atoms in total. The van der Waals surface area contributed by atoms with E-state index in [0.717, 1.165) is 37.9 Å². The highest BCUT2D eigenvalue weighted by atomic mass is 35.5. The molecule has 3 rings (SSSR count). The number of benzene rings is 3. The van der Waals surface area contributed by atoms with E-state index in [4.69, 9.17) is 11.6 Å². The van der Waals surface area contributed by atoms with E-state index in [9.17, 15) is 14.1 Å². The average molecular weight is 387 g/mol. The smallest absolute Gasteiger partial charge is 0.307 e. The summed E-state index contributed by atoms with van der Waals surface area (Å²) >= 11 is 6.20. The van der Waals surface area contributed by atoms with Gasteiger partial charge in [0.1, 0.15) is 0 Å². The van der Waals surface area contributed by atoms with E-state index in [1.54, 1.807) is 6.26 Å². The fourth-order valence-electron chi connectivity index (χ4n) is 3.18. The van der Waals surface area contributed by atoms with Crippen LogP contribution in [0.4, 0.5) is 0 Å². The monoisotopic (exact) mass is 386 g/mol. The molecule has 3 aromatic carbocycles. The van der Waals surface area contributed by atoms with Crippen LogP contribution in [0.15, 0.2) is 53.4 Å².